The number of furan rings is 1. The van der Waals surface area contributed by atoms with Crippen molar-refractivity contribution in [2.45, 2.75) is 6.18 Å². The minimum Gasteiger partial charge on any atom is -0.462 e. The van der Waals surface area contributed by atoms with Crippen LogP contribution in [-0.2, 0) is 13.2 Å². The minimum absolute atomic E-state index is 0.308. The zero-order valence-corrected chi connectivity index (χ0v) is 12.6. The quantitative estimate of drug-likeness (QED) is 0.763. The van der Waals surface area contributed by atoms with Gasteiger partial charge in [0.25, 0.3) is 5.91 Å². The molecule has 1 aromatic carbocycles. The molecule has 2 aromatic heterocycles. The third-order valence-electron chi connectivity index (χ3n) is 3.46. The summed E-state index contributed by atoms with van der Waals surface area (Å²) in [5.74, 6) is -0.463. The molecule has 0 spiro atoms. The van der Waals surface area contributed by atoms with Crippen LogP contribution in [0, 0.1) is 0 Å². The van der Waals surface area contributed by atoms with E-state index in [9.17, 15) is 18.0 Å². The third-order valence-corrected chi connectivity index (χ3v) is 3.46. The zero-order chi connectivity index (χ0) is 17.3. The van der Waals surface area contributed by atoms with Crippen LogP contribution in [0.1, 0.15) is 15.9 Å². The van der Waals surface area contributed by atoms with Crippen LogP contribution in [0.25, 0.3) is 11.3 Å². The number of nitrogens with one attached hydrogen (secondary N) is 1. The maximum Gasteiger partial charge on any atom is 0.418 e. The number of nitrogens with zero attached hydrogens (tertiary/aromatic N) is 1. The van der Waals surface area contributed by atoms with Gasteiger partial charge in [0.1, 0.15) is 0 Å². The lowest BCUT2D eigenvalue weighted by Gasteiger charge is -2.08. The van der Waals surface area contributed by atoms with Crippen LogP contribution in [-0.4, -0.2) is 10.5 Å². The summed E-state index contributed by atoms with van der Waals surface area (Å²) in [6.45, 7) is 0. The van der Waals surface area contributed by atoms with E-state index in [0.717, 1.165) is 12.4 Å². The number of halogens is 3. The predicted octanol–water partition coefficient (Wildman–Crippen LogP) is 4.56. The van der Waals surface area contributed by atoms with Crippen molar-refractivity contribution in [2.24, 2.45) is 7.05 Å². The molecule has 0 saturated heterocycles. The molecule has 0 saturated carbocycles. The molecule has 7 heteroatoms. The molecule has 3 aromatic rings. The number of alkyl halides is 3. The van der Waals surface area contributed by atoms with Gasteiger partial charge in [0.15, 0.2) is 5.76 Å². The summed E-state index contributed by atoms with van der Waals surface area (Å²) >= 11 is 0. The summed E-state index contributed by atoms with van der Waals surface area (Å²) in [7, 11) is 1.43. The number of hydrogen-bond donors (Lipinski definition) is 1. The summed E-state index contributed by atoms with van der Waals surface area (Å²) in [5.41, 5.74) is -0.400. The van der Waals surface area contributed by atoms with Gasteiger partial charge in [0.2, 0.25) is 0 Å². The van der Waals surface area contributed by atoms with Gasteiger partial charge in [0, 0.05) is 31.1 Å². The molecule has 0 atom stereocenters. The van der Waals surface area contributed by atoms with Gasteiger partial charge in [0.05, 0.1) is 23.1 Å². The molecular formula is C17H13F3N2O2. The molecule has 0 aliphatic heterocycles. The van der Waals surface area contributed by atoms with Crippen molar-refractivity contribution in [3.8, 4) is 11.3 Å². The maximum absolute atomic E-state index is 13.0. The Morgan fingerprint density at radius 2 is 1.83 bits per heavy atom. The van der Waals surface area contributed by atoms with Gasteiger partial charge < -0.3 is 14.3 Å². The number of anilines is 1. The summed E-state index contributed by atoms with van der Waals surface area (Å²) in [6.07, 6.45) is -1.22. The van der Waals surface area contributed by atoms with Gasteiger partial charge in [-0.05, 0) is 0 Å². The second-order valence-corrected chi connectivity index (χ2v) is 5.23. The number of rotatable bonds is 3. The number of aryl methyl sites for hydroxylation is 1. The average molecular weight is 334 g/mol. The van der Waals surface area contributed by atoms with Crippen LogP contribution in [0.2, 0.25) is 0 Å². The number of hydrogen-bond acceptors (Lipinski definition) is 2. The maximum atomic E-state index is 13.0. The first-order valence-corrected chi connectivity index (χ1v) is 7.03. The highest BCUT2D eigenvalue weighted by Crippen LogP contribution is 2.34. The van der Waals surface area contributed by atoms with Crippen molar-refractivity contribution in [3.63, 3.8) is 0 Å². The normalized spacial score (nSPS) is 11.5. The Kier molecular flexibility index (Phi) is 3.92. The van der Waals surface area contributed by atoms with Crippen LogP contribution in [0.5, 0.6) is 0 Å². The fourth-order valence-electron chi connectivity index (χ4n) is 2.40. The molecule has 0 radical (unpaired) electrons. The van der Waals surface area contributed by atoms with Crippen LogP contribution >= 0.6 is 0 Å². The average Bonchev–Trinajstić information content (AvgIpc) is 3.14. The van der Waals surface area contributed by atoms with E-state index in [2.05, 4.69) is 5.32 Å². The molecule has 0 aliphatic rings. The largest absolute Gasteiger partial charge is 0.462 e. The Morgan fingerprint density at radius 3 is 2.50 bits per heavy atom. The van der Waals surface area contributed by atoms with Crippen molar-refractivity contribution < 1.29 is 22.4 Å². The third kappa shape index (κ3) is 3.05. The number of carbonyl (C=O) groups is 1. The number of benzene rings is 1. The molecule has 2 heterocycles. The molecule has 24 heavy (non-hydrogen) atoms. The Bertz CT molecular complexity index is 864. The van der Waals surface area contributed by atoms with Crippen LogP contribution < -0.4 is 5.32 Å². The van der Waals surface area contributed by atoms with E-state index in [1.54, 1.807) is 24.3 Å². The van der Waals surface area contributed by atoms with Gasteiger partial charge in [-0.2, -0.15) is 13.2 Å². The fourth-order valence-corrected chi connectivity index (χ4v) is 2.40. The molecule has 1 N–H and O–H groups in total. The van der Waals surface area contributed by atoms with Crippen LogP contribution in [0.15, 0.2) is 59.5 Å². The van der Waals surface area contributed by atoms with E-state index >= 15 is 0 Å². The first-order valence-electron chi connectivity index (χ1n) is 7.03. The monoisotopic (exact) mass is 334 g/mol. The highest BCUT2D eigenvalue weighted by molar-refractivity contribution is 6.06. The summed E-state index contributed by atoms with van der Waals surface area (Å²) in [5, 5.41) is 2.49. The number of amides is 1. The van der Waals surface area contributed by atoms with E-state index in [1.165, 1.54) is 23.9 Å². The van der Waals surface area contributed by atoms with Gasteiger partial charge in [-0.3, -0.25) is 4.79 Å². The van der Waals surface area contributed by atoms with Gasteiger partial charge in [-0.1, -0.05) is 30.3 Å². The number of aromatic nitrogens is 1. The molecule has 124 valence electrons. The molecule has 0 fully saturated rings. The van der Waals surface area contributed by atoms with E-state index in [-0.39, 0.29) is 0 Å². The Labute approximate surface area is 135 Å². The van der Waals surface area contributed by atoms with E-state index < -0.39 is 23.2 Å². The SMILES string of the molecule is Cn1cc(C(=O)Nc2ccoc2-c2ccccc2)c(C(F)(F)F)c1. The van der Waals surface area contributed by atoms with Crippen LogP contribution in [0.4, 0.5) is 18.9 Å². The Balaban J connectivity index is 1.92. The highest BCUT2D eigenvalue weighted by Gasteiger charge is 2.36. The Morgan fingerprint density at radius 1 is 1.12 bits per heavy atom. The standard InChI is InChI=1S/C17H13F3N2O2/c1-22-9-12(13(10-22)17(18,19)20)16(23)21-14-7-8-24-15(14)11-5-3-2-4-6-11/h2-10H,1H3,(H,21,23). The van der Waals surface area contributed by atoms with Crippen molar-refractivity contribution >= 4 is 11.6 Å². The second-order valence-electron chi connectivity index (χ2n) is 5.23. The molecule has 4 nitrogen and oxygen atoms in total. The summed E-state index contributed by atoms with van der Waals surface area (Å²) in [4.78, 5) is 12.3. The first-order chi connectivity index (χ1) is 11.4. The first kappa shape index (κ1) is 15.9. The predicted molar refractivity (Wildman–Crippen MR) is 82.5 cm³/mol. The lowest BCUT2D eigenvalue weighted by molar-refractivity contribution is -0.137. The summed E-state index contributed by atoms with van der Waals surface area (Å²) in [6, 6.07) is 10.5. The van der Waals surface area contributed by atoms with Gasteiger partial charge in [-0.25, -0.2) is 0 Å². The Hall–Kier alpha value is -2.96. The molecular weight excluding hydrogens is 321 g/mol. The van der Waals surface area contributed by atoms with E-state index in [0.29, 0.717) is 17.0 Å². The van der Waals surface area contributed by atoms with Crippen molar-refractivity contribution in [1.29, 1.82) is 0 Å². The molecule has 0 unspecified atom stereocenters. The van der Waals surface area contributed by atoms with E-state index in [4.69, 9.17) is 4.42 Å². The van der Waals surface area contributed by atoms with Gasteiger partial charge >= 0.3 is 6.18 Å². The van der Waals surface area contributed by atoms with Crippen molar-refractivity contribution in [3.05, 3.63) is 66.2 Å². The topological polar surface area (TPSA) is 47.2 Å². The van der Waals surface area contributed by atoms with Crippen LogP contribution in [0.3, 0.4) is 0 Å². The molecule has 3 rings (SSSR count). The summed E-state index contributed by atoms with van der Waals surface area (Å²) < 4.78 is 45.6. The second kappa shape index (κ2) is 5.92. The number of carbonyl (C=O) groups excluding carboxylic acids is 1. The fraction of sp³-hybridized carbons (Fsp3) is 0.118. The smallest absolute Gasteiger partial charge is 0.418 e. The molecule has 0 aliphatic carbocycles. The highest BCUT2D eigenvalue weighted by atomic mass is 19.4. The van der Waals surface area contributed by atoms with Crippen molar-refractivity contribution in [2.75, 3.05) is 5.32 Å². The van der Waals surface area contributed by atoms with Crippen molar-refractivity contribution in [1.82, 2.24) is 4.57 Å². The lowest BCUT2D eigenvalue weighted by Crippen LogP contribution is -2.16. The minimum atomic E-state index is -4.60. The van der Waals surface area contributed by atoms with E-state index in [1.807, 2.05) is 6.07 Å². The lowest BCUT2D eigenvalue weighted by atomic mass is 10.1. The molecule has 0 bridgehead atoms. The zero-order valence-electron chi connectivity index (χ0n) is 12.6. The molecule has 1 amide bonds. The van der Waals surface area contributed by atoms with Gasteiger partial charge in [-0.15, -0.1) is 0 Å².